The van der Waals surface area contributed by atoms with Crippen molar-refractivity contribution in [1.82, 2.24) is 26.2 Å². The summed E-state index contributed by atoms with van der Waals surface area (Å²) in [4.78, 5) is 80.9. The first-order valence-electron chi connectivity index (χ1n) is 19.3. The molecular formula is C40H53N11O6. The molecule has 5 amide bonds. The molecule has 3 aromatic rings. The average molecular weight is 784 g/mol. The number of phenolic OH excluding ortho intramolecular Hbond substituents is 1. The number of nitrogens with two attached hydrogens (primary N) is 4. The second kappa shape index (κ2) is 20.0. The number of aromatic hydroxyl groups is 1. The molecule has 17 nitrogen and oxygen atoms in total. The largest absolute Gasteiger partial charge is 0.508 e. The zero-order chi connectivity index (χ0) is 40.9. The second-order valence-corrected chi connectivity index (χ2v) is 14.4. The average Bonchev–Trinajstić information content (AvgIpc) is 3.19. The van der Waals surface area contributed by atoms with Crippen LogP contribution in [0.4, 0.5) is 0 Å². The van der Waals surface area contributed by atoms with E-state index in [0.29, 0.717) is 31.2 Å². The van der Waals surface area contributed by atoms with E-state index in [4.69, 9.17) is 22.9 Å². The lowest BCUT2D eigenvalue weighted by Crippen LogP contribution is -2.60. The van der Waals surface area contributed by atoms with Gasteiger partial charge in [-0.3, -0.25) is 34.0 Å². The lowest BCUT2D eigenvalue weighted by atomic mass is 9.96. The number of carbonyl (C=O) groups is 5. The fraction of sp³-hybridized carbons (Fsp3) is 0.425. The molecule has 5 atom stereocenters. The first-order chi connectivity index (χ1) is 27.4. The van der Waals surface area contributed by atoms with Gasteiger partial charge in [0.15, 0.2) is 11.9 Å². The number of carbonyl (C=O) groups excluding carboxylic acids is 5. The van der Waals surface area contributed by atoms with E-state index < -0.39 is 59.7 Å². The summed E-state index contributed by atoms with van der Waals surface area (Å²) in [6.45, 7) is 0.577. The summed E-state index contributed by atoms with van der Waals surface area (Å²) in [6.07, 6.45) is 2.49. The van der Waals surface area contributed by atoms with E-state index in [2.05, 4.69) is 31.3 Å². The van der Waals surface area contributed by atoms with E-state index in [0.717, 1.165) is 16.3 Å². The minimum Gasteiger partial charge on any atom is -0.508 e. The Balaban J connectivity index is 1.54. The number of phenols is 1. The number of guanidine groups is 2. The molecule has 5 rings (SSSR count). The Morgan fingerprint density at radius 1 is 0.632 bits per heavy atom. The zero-order valence-electron chi connectivity index (χ0n) is 31.9. The van der Waals surface area contributed by atoms with Crippen molar-refractivity contribution in [3.63, 3.8) is 0 Å². The maximum atomic E-state index is 14.5. The van der Waals surface area contributed by atoms with Gasteiger partial charge in [-0.1, -0.05) is 54.6 Å². The summed E-state index contributed by atoms with van der Waals surface area (Å²) in [5.74, 6) is -3.20. The van der Waals surface area contributed by atoms with Gasteiger partial charge in [0.1, 0.15) is 36.0 Å². The summed E-state index contributed by atoms with van der Waals surface area (Å²) in [5.41, 5.74) is 23.5. The molecular weight excluding hydrogens is 731 g/mol. The van der Waals surface area contributed by atoms with E-state index in [1.165, 1.54) is 17.0 Å². The van der Waals surface area contributed by atoms with E-state index in [1.807, 2.05) is 42.5 Å². The lowest BCUT2D eigenvalue weighted by Gasteiger charge is -2.38. The molecule has 0 saturated carbocycles. The molecule has 304 valence electrons. The maximum Gasteiger partial charge on any atom is 0.246 e. The highest BCUT2D eigenvalue weighted by molar-refractivity contribution is 5.98. The van der Waals surface area contributed by atoms with Crippen LogP contribution in [0.1, 0.15) is 56.1 Å². The Kier molecular flexibility index (Phi) is 14.6. The van der Waals surface area contributed by atoms with E-state index in [-0.39, 0.29) is 69.4 Å². The third-order valence-corrected chi connectivity index (χ3v) is 10.1. The van der Waals surface area contributed by atoms with Gasteiger partial charge in [0.25, 0.3) is 0 Å². The molecule has 0 unspecified atom stereocenters. The van der Waals surface area contributed by atoms with Gasteiger partial charge in [0, 0.05) is 32.5 Å². The van der Waals surface area contributed by atoms with Crippen LogP contribution in [0.2, 0.25) is 0 Å². The Morgan fingerprint density at radius 3 is 1.77 bits per heavy atom. The first kappa shape index (κ1) is 41.8. The third kappa shape index (κ3) is 12.0. The predicted octanol–water partition coefficient (Wildman–Crippen LogP) is -0.228. The Labute approximate surface area is 331 Å². The molecule has 3 aromatic carbocycles. The van der Waals surface area contributed by atoms with Gasteiger partial charge in [-0.2, -0.15) is 0 Å². The van der Waals surface area contributed by atoms with Crippen molar-refractivity contribution >= 4 is 52.2 Å². The van der Waals surface area contributed by atoms with Gasteiger partial charge in [0.2, 0.25) is 29.5 Å². The summed E-state index contributed by atoms with van der Waals surface area (Å²) in [6, 6.07) is 14.2. The molecule has 2 aliphatic rings. The van der Waals surface area contributed by atoms with Gasteiger partial charge in [-0.15, -0.1) is 0 Å². The van der Waals surface area contributed by atoms with Gasteiger partial charge >= 0.3 is 0 Å². The normalized spacial score (nSPS) is 22.1. The minimum atomic E-state index is -1.17. The van der Waals surface area contributed by atoms with Crippen molar-refractivity contribution in [2.75, 3.05) is 19.6 Å². The minimum absolute atomic E-state index is 0.0294. The van der Waals surface area contributed by atoms with E-state index >= 15 is 0 Å². The number of fused-ring (bicyclic) bond motifs is 2. The number of amides is 5. The highest BCUT2D eigenvalue weighted by atomic mass is 16.3. The second-order valence-electron chi connectivity index (χ2n) is 14.4. The molecule has 2 saturated heterocycles. The van der Waals surface area contributed by atoms with E-state index in [1.54, 1.807) is 12.1 Å². The molecule has 0 spiro atoms. The van der Waals surface area contributed by atoms with Crippen molar-refractivity contribution in [1.29, 1.82) is 0 Å². The van der Waals surface area contributed by atoms with Crippen LogP contribution in [0.3, 0.4) is 0 Å². The number of benzene rings is 3. The van der Waals surface area contributed by atoms with Crippen LogP contribution in [0.25, 0.3) is 10.8 Å². The van der Waals surface area contributed by atoms with Crippen LogP contribution < -0.4 is 44.2 Å². The lowest BCUT2D eigenvalue weighted by molar-refractivity contribution is -0.145. The molecule has 0 aliphatic carbocycles. The summed E-state index contributed by atoms with van der Waals surface area (Å²) in [7, 11) is 0. The smallest absolute Gasteiger partial charge is 0.246 e. The highest BCUT2D eigenvalue weighted by Crippen LogP contribution is 2.22. The quantitative estimate of drug-likeness (QED) is 0.0661. The monoisotopic (exact) mass is 783 g/mol. The molecule has 17 heteroatoms. The number of hydrogen-bond donors (Lipinski definition) is 9. The van der Waals surface area contributed by atoms with Gasteiger partial charge < -0.3 is 54.2 Å². The number of aliphatic imine (C=N–C) groups is 2. The van der Waals surface area contributed by atoms with Gasteiger partial charge in [-0.05, 0) is 79.0 Å². The van der Waals surface area contributed by atoms with Crippen LogP contribution in [-0.2, 0) is 36.8 Å². The van der Waals surface area contributed by atoms with Crippen molar-refractivity contribution in [3.8, 4) is 5.75 Å². The standard InChI is InChI=1S/C40H53N11O6/c41-39(42)45-18-5-9-29-34(53)47-30(10-6-19-46-40(43)44)35(54)50-32(22-24-13-16-28(52)17-14-24)38(57)51-20-4-3-11-33(51)37(56)49-31(36(55)48-29)23-25-12-15-26-7-1-2-8-27(26)21-25/h1-2,7-8,12-17,21,29-33,52H,3-6,9-11,18-20,22-23H2,(H,47,53)(H,48,55)(H,49,56)(H,50,54)(H4,41,42,45)(H4,43,44,46)/t29-,30-,31-,32+,33-/m0/s1. The van der Waals surface area contributed by atoms with Crippen LogP contribution in [0.15, 0.2) is 76.7 Å². The number of nitrogens with one attached hydrogen (secondary N) is 4. The zero-order valence-corrected chi connectivity index (χ0v) is 31.9. The number of piperidine rings is 1. The number of hydrogen-bond acceptors (Lipinski definition) is 8. The fourth-order valence-corrected chi connectivity index (χ4v) is 7.18. The van der Waals surface area contributed by atoms with Crippen molar-refractivity contribution < 1.29 is 29.1 Å². The van der Waals surface area contributed by atoms with Gasteiger partial charge in [-0.25, -0.2) is 0 Å². The Morgan fingerprint density at radius 2 is 1.16 bits per heavy atom. The Bertz CT molecular complexity index is 1960. The molecule has 57 heavy (non-hydrogen) atoms. The molecule has 0 radical (unpaired) electrons. The van der Waals surface area contributed by atoms with Crippen LogP contribution in [-0.4, -0.2) is 101 Å². The highest BCUT2D eigenvalue weighted by Gasteiger charge is 2.39. The van der Waals surface area contributed by atoms with Crippen molar-refractivity contribution in [2.45, 2.75) is 88.0 Å². The molecule has 13 N–H and O–H groups in total. The van der Waals surface area contributed by atoms with Crippen molar-refractivity contribution in [2.24, 2.45) is 32.9 Å². The first-order valence-corrected chi connectivity index (χ1v) is 19.3. The van der Waals surface area contributed by atoms with Crippen molar-refractivity contribution in [3.05, 3.63) is 77.9 Å². The Hall–Kier alpha value is -6.39. The molecule has 0 aromatic heterocycles. The van der Waals surface area contributed by atoms with Crippen LogP contribution >= 0.6 is 0 Å². The SMILES string of the molecule is NC(N)=NCCC[C@@H]1NC(=O)[C@H](Cc2ccc3ccccc3c2)NC(=O)[C@@H]2CCCCN2C(=O)[C@@H](Cc2ccc(O)cc2)NC(=O)[C@H](CCCN=C(N)N)NC1=O. The summed E-state index contributed by atoms with van der Waals surface area (Å²) in [5, 5.41) is 23.3. The van der Waals surface area contributed by atoms with Crippen LogP contribution in [0.5, 0.6) is 5.75 Å². The maximum absolute atomic E-state index is 14.5. The summed E-state index contributed by atoms with van der Waals surface area (Å²) >= 11 is 0. The molecule has 2 fully saturated rings. The fourth-order valence-electron chi connectivity index (χ4n) is 7.18. The van der Waals surface area contributed by atoms with Crippen LogP contribution in [0, 0.1) is 0 Å². The van der Waals surface area contributed by atoms with Gasteiger partial charge in [0.05, 0.1) is 0 Å². The number of rotatable bonds is 12. The predicted molar refractivity (Wildman–Crippen MR) is 216 cm³/mol. The third-order valence-electron chi connectivity index (χ3n) is 10.1. The summed E-state index contributed by atoms with van der Waals surface area (Å²) < 4.78 is 0. The van der Waals surface area contributed by atoms with E-state index in [9.17, 15) is 29.1 Å². The topological polar surface area (TPSA) is 286 Å². The molecule has 0 bridgehead atoms. The number of nitrogens with zero attached hydrogens (tertiary/aromatic N) is 3. The molecule has 2 heterocycles. The molecule has 2 aliphatic heterocycles.